The summed E-state index contributed by atoms with van der Waals surface area (Å²) < 4.78 is 5.54. The first kappa shape index (κ1) is 17.8. The van der Waals surface area contributed by atoms with Crippen LogP contribution in [0.4, 0.5) is 0 Å². The highest BCUT2D eigenvalue weighted by molar-refractivity contribution is 6.30. The number of nitrogens with zero attached hydrogens (tertiary/aromatic N) is 1. The summed E-state index contributed by atoms with van der Waals surface area (Å²) in [5, 5.41) is 3.69. The number of amides is 1. The van der Waals surface area contributed by atoms with Gasteiger partial charge in [-0.1, -0.05) is 29.8 Å². The second-order valence-corrected chi connectivity index (χ2v) is 6.65. The van der Waals surface area contributed by atoms with E-state index in [4.69, 9.17) is 16.3 Å². The molecular formula is C20H23ClN2O2. The number of ether oxygens (including phenoxy) is 1. The number of likely N-dealkylation sites (tertiary alicyclic amines) is 1. The van der Waals surface area contributed by atoms with Crippen LogP contribution in [0.15, 0.2) is 48.5 Å². The van der Waals surface area contributed by atoms with Gasteiger partial charge < -0.3 is 10.1 Å². The Bertz CT molecular complexity index is 712. The van der Waals surface area contributed by atoms with E-state index in [0.29, 0.717) is 17.1 Å². The van der Waals surface area contributed by atoms with Gasteiger partial charge in [0.1, 0.15) is 5.75 Å². The molecule has 1 fully saturated rings. The molecule has 0 radical (unpaired) electrons. The molecule has 132 valence electrons. The van der Waals surface area contributed by atoms with Crippen LogP contribution >= 0.6 is 11.6 Å². The highest BCUT2D eigenvalue weighted by Crippen LogP contribution is 2.31. The molecule has 1 N–H and O–H groups in total. The van der Waals surface area contributed by atoms with Gasteiger partial charge in [-0.05, 0) is 56.3 Å². The summed E-state index contributed by atoms with van der Waals surface area (Å²) in [4.78, 5) is 14.9. The minimum atomic E-state index is -0.0873. The molecule has 5 heteroatoms. The molecule has 1 aliphatic rings. The smallest absolute Gasteiger partial charge is 0.251 e. The summed E-state index contributed by atoms with van der Waals surface area (Å²) in [6, 6.07) is 15.1. The van der Waals surface area contributed by atoms with Crippen LogP contribution in [0.1, 0.15) is 34.8 Å². The van der Waals surface area contributed by atoms with Gasteiger partial charge in [0.25, 0.3) is 5.91 Å². The highest BCUT2D eigenvalue weighted by Gasteiger charge is 2.26. The number of carbonyl (C=O) groups excluding carboxylic acids is 1. The lowest BCUT2D eigenvalue weighted by molar-refractivity contribution is 0.0937. The molecule has 0 spiro atoms. The molecule has 0 saturated carbocycles. The van der Waals surface area contributed by atoms with E-state index in [0.717, 1.165) is 24.4 Å². The van der Waals surface area contributed by atoms with Crippen molar-refractivity contribution in [1.82, 2.24) is 10.2 Å². The monoisotopic (exact) mass is 358 g/mol. The molecular weight excluding hydrogens is 336 g/mol. The van der Waals surface area contributed by atoms with Crippen molar-refractivity contribution in [2.75, 3.05) is 26.7 Å². The van der Waals surface area contributed by atoms with Crippen molar-refractivity contribution in [2.24, 2.45) is 0 Å². The van der Waals surface area contributed by atoms with E-state index in [2.05, 4.69) is 16.3 Å². The van der Waals surface area contributed by atoms with E-state index in [9.17, 15) is 4.79 Å². The zero-order chi connectivity index (χ0) is 17.6. The summed E-state index contributed by atoms with van der Waals surface area (Å²) in [6.45, 7) is 2.63. The van der Waals surface area contributed by atoms with Crippen LogP contribution in [0.25, 0.3) is 0 Å². The Morgan fingerprint density at radius 1 is 1.16 bits per heavy atom. The third kappa shape index (κ3) is 4.33. The summed E-state index contributed by atoms with van der Waals surface area (Å²) in [7, 11) is 1.69. The normalized spacial score (nSPS) is 15.8. The van der Waals surface area contributed by atoms with Gasteiger partial charge >= 0.3 is 0 Å². The molecule has 1 heterocycles. The van der Waals surface area contributed by atoms with Gasteiger partial charge in [-0.2, -0.15) is 0 Å². The Balaban J connectivity index is 1.76. The van der Waals surface area contributed by atoms with Crippen molar-refractivity contribution >= 4 is 17.5 Å². The van der Waals surface area contributed by atoms with Gasteiger partial charge in [-0.15, -0.1) is 0 Å². The predicted octanol–water partition coefficient (Wildman–Crippen LogP) is 3.92. The lowest BCUT2D eigenvalue weighted by atomic mass is 10.0. The van der Waals surface area contributed by atoms with Crippen molar-refractivity contribution in [2.45, 2.75) is 18.9 Å². The van der Waals surface area contributed by atoms with E-state index >= 15 is 0 Å². The molecule has 25 heavy (non-hydrogen) atoms. The van der Waals surface area contributed by atoms with E-state index < -0.39 is 0 Å². The highest BCUT2D eigenvalue weighted by atomic mass is 35.5. The molecule has 0 aliphatic carbocycles. The summed E-state index contributed by atoms with van der Waals surface area (Å²) in [6.07, 6.45) is 2.38. The molecule has 1 saturated heterocycles. The molecule has 1 unspecified atom stereocenters. The predicted molar refractivity (Wildman–Crippen MR) is 100 cm³/mol. The first-order chi connectivity index (χ1) is 12.2. The summed E-state index contributed by atoms with van der Waals surface area (Å²) in [5.74, 6) is 0.774. The summed E-state index contributed by atoms with van der Waals surface area (Å²) in [5.41, 5.74) is 1.73. The van der Waals surface area contributed by atoms with Gasteiger partial charge in [0.2, 0.25) is 0 Å². The Hall–Kier alpha value is -2.04. The number of halogens is 1. The zero-order valence-electron chi connectivity index (χ0n) is 14.4. The fourth-order valence-corrected chi connectivity index (χ4v) is 3.45. The molecule has 1 aliphatic heterocycles. The number of nitrogens with one attached hydrogen (secondary N) is 1. The standard InChI is InChI=1S/C20H23ClN2O2/c1-25-19-7-3-2-6-17(19)18(23-12-4-5-13-23)14-22-20(24)15-8-10-16(21)11-9-15/h2-3,6-11,18H,4-5,12-14H2,1H3,(H,22,24). The van der Waals surface area contributed by atoms with E-state index in [1.807, 2.05) is 18.2 Å². The largest absolute Gasteiger partial charge is 0.496 e. The maximum Gasteiger partial charge on any atom is 0.251 e. The second-order valence-electron chi connectivity index (χ2n) is 6.22. The Labute approximate surface area is 153 Å². The maximum atomic E-state index is 12.5. The first-order valence-electron chi connectivity index (χ1n) is 8.60. The number of rotatable bonds is 6. The Kier molecular flexibility index (Phi) is 5.95. The lowest BCUT2D eigenvalue weighted by Gasteiger charge is -2.29. The van der Waals surface area contributed by atoms with Gasteiger partial charge in [-0.25, -0.2) is 0 Å². The van der Waals surface area contributed by atoms with Crippen molar-refractivity contribution < 1.29 is 9.53 Å². The van der Waals surface area contributed by atoms with Gasteiger partial charge in [-0.3, -0.25) is 9.69 Å². The van der Waals surface area contributed by atoms with Crippen LogP contribution in [0, 0.1) is 0 Å². The van der Waals surface area contributed by atoms with Gasteiger partial charge in [0.05, 0.1) is 13.2 Å². The Morgan fingerprint density at radius 2 is 1.84 bits per heavy atom. The zero-order valence-corrected chi connectivity index (χ0v) is 15.1. The second kappa shape index (κ2) is 8.37. The number of methoxy groups -OCH3 is 1. The first-order valence-corrected chi connectivity index (χ1v) is 8.97. The molecule has 1 atom stereocenters. The fourth-order valence-electron chi connectivity index (χ4n) is 3.32. The van der Waals surface area contributed by atoms with Crippen LogP contribution in [-0.2, 0) is 0 Å². The summed E-state index contributed by atoms with van der Waals surface area (Å²) >= 11 is 5.89. The molecule has 0 bridgehead atoms. The fraction of sp³-hybridized carbons (Fsp3) is 0.350. The SMILES string of the molecule is COc1ccccc1C(CNC(=O)c1ccc(Cl)cc1)N1CCCC1. The maximum absolute atomic E-state index is 12.5. The number of hydrogen-bond acceptors (Lipinski definition) is 3. The van der Waals surface area contributed by atoms with Crippen LogP contribution in [0.3, 0.4) is 0 Å². The molecule has 0 aromatic heterocycles. The molecule has 2 aromatic rings. The Morgan fingerprint density at radius 3 is 2.52 bits per heavy atom. The van der Waals surface area contributed by atoms with Crippen molar-refractivity contribution in [3.05, 3.63) is 64.7 Å². The van der Waals surface area contributed by atoms with Crippen molar-refractivity contribution in [3.8, 4) is 5.75 Å². The van der Waals surface area contributed by atoms with Crippen LogP contribution in [-0.4, -0.2) is 37.6 Å². The number of hydrogen-bond donors (Lipinski definition) is 1. The topological polar surface area (TPSA) is 41.6 Å². The van der Waals surface area contributed by atoms with Gasteiger partial charge in [0, 0.05) is 22.7 Å². The molecule has 3 rings (SSSR count). The van der Waals surface area contributed by atoms with Crippen molar-refractivity contribution in [1.29, 1.82) is 0 Å². The minimum Gasteiger partial charge on any atom is -0.496 e. The third-order valence-corrected chi connectivity index (χ3v) is 4.89. The molecule has 2 aromatic carbocycles. The lowest BCUT2D eigenvalue weighted by Crippen LogP contribution is -2.37. The number of benzene rings is 2. The van der Waals surface area contributed by atoms with Crippen LogP contribution in [0.5, 0.6) is 5.75 Å². The third-order valence-electron chi connectivity index (χ3n) is 4.64. The van der Waals surface area contributed by atoms with Crippen LogP contribution < -0.4 is 10.1 Å². The number of carbonyl (C=O) groups is 1. The molecule has 1 amide bonds. The van der Waals surface area contributed by atoms with E-state index in [1.165, 1.54) is 12.8 Å². The minimum absolute atomic E-state index is 0.0873. The van der Waals surface area contributed by atoms with Gasteiger partial charge in [0.15, 0.2) is 0 Å². The van der Waals surface area contributed by atoms with Crippen molar-refractivity contribution in [3.63, 3.8) is 0 Å². The quantitative estimate of drug-likeness (QED) is 0.851. The van der Waals surface area contributed by atoms with E-state index in [1.54, 1.807) is 31.4 Å². The van der Waals surface area contributed by atoms with Crippen LogP contribution in [0.2, 0.25) is 5.02 Å². The number of para-hydroxylation sites is 1. The molecule has 4 nitrogen and oxygen atoms in total. The average molecular weight is 359 g/mol. The average Bonchev–Trinajstić information content (AvgIpc) is 3.17. The van der Waals surface area contributed by atoms with E-state index in [-0.39, 0.29) is 11.9 Å².